The van der Waals surface area contributed by atoms with Crippen LogP contribution >= 0.6 is 0 Å². The third-order valence-corrected chi connectivity index (χ3v) is 2.31. The number of rotatable bonds is 1. The number of hydrogen-bond donors (Lipinski definition) is 2. The standard InChI is InChI=1S/C6H12N2/c1-6(4-7-8-6)5-2-3-5/h5,7-8H,2-4H2,1H3. The molecule has 46 valence electrons. The molecule has 1 atom stereocenters. The molecule has 1 aliphatic carbocycles. The summed E-state index contributed by atoms with van der Waals surface area (Å²) in [4.78, 5) is 0. The van der Waals surface area contributed by atoms with Crippen LogP contribution in [0.2, 0.25) is 0 Å². The summed E-state index contributed by atoms with van der Waals surface area (Å²) in [5, 5.41) is 0. The molecule has 2 N–H and O–H groups in total. The Bertz CT molecular complexity index is 103. The Morgan fingerprint density at radius 1 is 1.50 bits per heavy atom. The Morgan fingerprint density at radius 3 is 2.25 bits per heavy atom. The molecule has 1 saturated heterocycles. The van der Waals surface area contributed by atoms with Crippen molar-refractivity contribution < 1.29 is 0 Å². The highest BCUT2D eigenvalue weighted by atomic mass is 15.5. The quantitative estimate of drug-likeness (QED) is 0.508. The first-order valence-corrected chi connectivity index (χ1v) is 3.31. The van der Waals surface area contributed by atoms with Gasteiger partial charge in [-0.05, 0) is 25.7 Å². The van der Waals surface area contributed by atoms with Gasteiger partial charge in [0.05, 0.1) is 0 Å². The zero-order valence-electron chi connectivity index (χ0n) is 5.20. The predicted molar refractivity (Wildman–Crippen MR) is 32.3 cm³/mol. The van der Waals surface area contributed by atoms with Gasteiger partial charge in [0.2, 0.25) is 0 Å². The third kappa shape index (κ3) is 0.501. The number of hydrazine groups is 1. The van der Waals surface area contributed by atoms with E-state index in [9.17, 15) is 0 Å². The second-order valence-corrected chi connectivity index (χ2v) is 3.17. The Labute approximate surface area is 49.6 Å². The van der Waals surface area contributed by atoms with E-state index in [1.165, 1.54) is 12.8 Å². The van der Waals surface area contributed by atoms with Crippen molar-refractivity contribution in [2.75, 3.05) is 6.54 Å². The molecule has 1 unspecified atom stereocenters. The highest BCUT2D eigenvalue weighted by Gasteiger charge is 2.45. The van der Waals surface area contributed by atoms with E-state index in [4.69, 9.17) is 0 Å². The topological polar surface area (TPSA) is 24.1 Å². The lowest BCUT2D eigenvalue weighted by atomic mass is 9.94. The van der Waals surface area contributed by atoms with Gasteiger partial charge in [0, 0.05) is 12.1 Å². The van der Waals surface area contributed by atoms with E-state index in [2.05, 4.69) is 17.8 Å². The van der Waals surface area contributed by atoms with Crippen LogP contribution in [0.1, 0.15) is 19.8 Å². The first-order chi connectivity index (χ1) is 3.81. The maximum absolute atomic E-state index is 3.23. The molecule has 0 aromatic heterocycles. The Hall–Kier alpha value is -0.0800. The average molecular weight is 112 g/mol. The van der Waals surface area contributed by atoms with E-state index < -0.39 is 0 Å². The summed E-state index contributed by atoms with van der Waals surface area (Å²) in [6, 6.07) is 0. The van der Waals surface area contributed by atoms with Crippen molar-refractivity contribution in [3.63, 3.8) is 0 Å². The monoisotopic (exact) mass is 112 g/mol. The van der Waals surface area contributed by atoms with Crippen LogP contribution in [0.3, 0.4) is 0 Å². The van der Waals surface area contributed by atoms with Gasteiger partial charge in [-0.1, -0.05) is 0 Å². The average Bonchev–Trinajstić information content (AvgIpc) is 2.38. The minimum atomic E-state index is 0.472. The molecule has 1 saturated carbocycles. The van der Waals surface area contributed by atoms with Crippen LogP contribution in [0.4, 0.5) is 0 Å². The lowest BCUT2D eigenvalue weighted by molar-refractivity contribution is 0.154. The van der Waals surface area contributed by atoms with Crippen LogP contribution < -0.4 is 10.9 Å². The lowest BCUT2D eigenvalue weighted by Crippen LogP contribution is -2.69. The molecule has 2 nitrogen and oxygen atoms in total. The van der Waals surface area contributed by atoms with Crippen molar-refractivity contribution in [1.29, 1.82) is 0 Å². The summed E-state index contributed by atoms with van der Waals surface area (Å²) in [6.07, 6.45) is 2.87. The van der Waals surface area contributed by atoms with Crippen molar-refractivity contribution in [3.05, 3.63) is 0 Å². The first-order valence-electron chi connectivity index (χ1n) is 3.31. The third-order valence-electron chi connectivity index (χ3n) is 2.31. The lowest BCUT2D eigenvalue weighted by Gasteiger charge is -2.41. The summed E-state index contributed by atoms with van der Waals surface area (Å²) in [5.41, 5.74) is 6.78. The molecule has 1 heterocycles. The summed E-state index contributed by atoms with van der Waals surface area (Å²) in [7, 11) is 0. The van der Waals surface area contributed by atoms with Crippen LogP contribution in [0.5, 0.6) is 0 Å². The fourth-order valence-corrected chi connectivity index (χ4v) is 1.33. The van der Waals surface area contributed by atoms with Gasteiger partial charge in [-0.15, -0.1) is 0 Å². The largest absolute Gasteiger partial charge is 0.255 e. The Kier molecular flexibility index (Phi) is 0.746. The molecule has 0 radical (unpaired) electrons. The summed E-state index contributed by atoms with van der Waals surface area (Å²) in [5.74, 6) is 0.976. The molecule has 0 aromatic rings. The molecular weight excluding hydrogens is 100 g/mol. The fourth-order valence-electron chi connectivity index (χ4n) is 1.33. The molecule has 0 bridgehead atoms. The molecule has 2 heteroatoms. The van der Waals surface area contributed by atoms with Gasteiger partial charge >= 0.3 is 0 Å². The van der Waals surface area contributed by atoms with Gasteiger partial charge in [0.1, 0.15) is 0 Å². The minimum Gasteiger partial charge on any atom is -0.255 e. The summed E-state index contributed by atoms with van der Waals surface area (Å²) in [6.45, 7) is 3.46. The van der Waals surface area contributed by atoms with Crippen molar-refractivity contribution in [1.82, 2.24) is 10.9 Å². The molecule has 1 aliphatic heterocycles. The van der Waals surface area contributed by atoms with Gasteiger partial charge in [-0.3, -0.25) is 10.9 Å². The highest BCUT2D eigenvalue weighted by Crippen LogP contribution is 2.40. The van der Waals surface area contributed by atoms with E-state index >= 15 is 0 Å². The van der Waals surface area contributed by atoms with E-state index in [-0.39, 0.29) is 0 Å². The second kappa shape index (κ2) is 1.25. The number of hydrogen-bond acceptors (Lipinski definition) is 2. The number of nitrogens with one attached hydrogen (secondary N) is 2. The van der Waals surface area contributed by atoms with Crippen molar-refractivity contribution in [3.8, 4) is 0 Å². The summed E-state index contributed by atoms with van der Waals surface area (Å²) >= 11 is 0. The predicted octanol–water partition coefficient (Wildman–Crippen LogP) is 0.263. The maximum atomic E-state index is 3.23. The molecule has 2 aliphatic rings. The zero-order valence-corrected chi connectivity index (χ0v) is 5.20. The second-order valence-electron chi connectivity index (χ2n) is 3.17. The maximum Gasteiger partial charge on any atom is 0.0461 e. The zero-order chi connectivity index (χ0) is 5.61. The van der Waals surface area contributed by atoms with E-state index in [1.54, 1.807) is 0 Å². The van der Waals surface area contributed by atoms with Crippen molar-refractivity contribution in [2.45, 2.75) is 25.3 Å². The molecule has 2 rings (SSSR count). The Morgan fingerprint density at radius 2 is 2.12 bits per heavy atom. The van der Waals surface area contributed by atoms with E-state index in [0.29, 0.717) is 5.54 Å². The van der Waals surface area contributed by atoms with Gasteiger partial charge < -0.3 is 0 Å². The first kappa shape index (κ1) is 4.77. The van der Waals surface area contributed by atoms with Crippen LogP contribution in [-0.4, -0.2) is 12.1 Å². The van der Waals surface area contributed by atoms with Gasteiger partial charge in [0.15, 0.2) is 0 Å². The van der Waals surface area contributed by atoms with Crippen LogP contribution in [0, 0.1) is 5.92 Å². The van der Waals surface area contributed by atoms with E-state index in [0.717, 1.165) is 12.5 Å². The molecule has 8 heavy (non-hydrogen) atoms. The minimum absolute atomic E-state index is 0.472. The molecule has 0 spiro atoms. The smallest absolute Gasteiger partial charge is 0.0461 e. The van der Waals surface area contributed by atoms with Crippen molar-refractivity contribution in [2.24, 2.45) is 5.92 Å². The van der Waals surface area contributed by atoms with Gasteiger partial charge in [0.25, 0.3) is 0 Å². The SMILES string of the molecule is CC1(C2CC2)CNN1. The molecular formula is C6H12N2. The fraction of sp³-hybridized carbons (Fsp3) is 1.00. The molecule has 2 fully saturated rings. The van der Waals surface area contributed by atoms with Crippen LogP contribution in [-0.2, 0) is 0 Å². The molecule has 0 amide bonds. The van der Waals surface area contributed by atoms with Crippen LogP contribution in [0.15, 0.2) is 0 Å². The van der Waals surface area contributed by atoms with E-state index in [1.807, 2.05) is 0 Å². The van der Waals surface area contributed by atoms with Crippen LogP contribution in [0.25, 0.3) is 0 Å². The van der Waals surface area contributed by atoms with Gasteiger partial charge in [-0.25, -0.2) is 0 Å². The Balaban J connectivity index is 1.99. The normalized spacial score (nSPS) is 46.1. The molecule has 0 aromatic carbocycles. The van der Waals surface area contributed by atoms with Crippen molar-refractivity contribution >= 4 is 0 Å². The highest BCUT2D eigenvalue weighted by molar-refractivity contribution is 5.02. The summed E-state index contributed by atoms with van der Waals surface area (Å²) < 4.78 is 0. The van der Waals surface area contributed by atoms with Gasteiger partial charge in [-0.2, -0.15) is 0 Å².